The second-order valence-electron chi connectivity index (χ2n) is 6.05. The van der Waals surface area contributed by atoms with Crippen molar-refractivity contribution < 1.29 is 0 Å². The number of anilines is 1. The molecular formula is C19H22N4S. The van der Waals surface area contributed by atoms with E-state index in [0.29, 0.717) is 0 Å². The molecule has 0 unspecified atom stereocenters. The molecule has 0 aliphatic rings. The van der Waals surface area contributed by atoms with E-state index in [-0.39, 0.29) is 0 Å². The first kappa shape index (κ1) is 16.5. The summed E-state index contributed by atoms with van der Waals surface area (Å²) in [4.78, 5) is 8.78. The number of pyridine rings is 1. The van der Waals surface area contributed by atoms with E-state index in [2.05, 4.69) is 46.6 Å². The van der Waals surface area contributed by atoms with Crippen LogP contribution in [0.2, 0.25) is 0 Å². The molecule has 0 amide bonds. The second kappa shape index (κ2) is 7.01. The van der Waals surface area contributed by atoms with Crippen LogP contribution in [0.5, 0.6) is 0 Å². The molecule has 0 atom stereocenters. The minimum Gasteiger partial charge on any atom is -0.382 e. The van der Waals surface area contributed by atoms with E-state index in [1.807, 2.05) is 38.2 Å². The topological polar surface area (TPSA) is 31.4 Å². The Labute approximate surface area is 148 Å². The lowest BCUT2D eigenvalue weighted by Crippen LogP contribution is -2.38. The number of rotatable bonds is 4. The third-order valence-electron chi connectivity index (χ3n) is 4.05. The number of thiocarbonyl (C=S) groups is 1. The van der Waals surface area contributed by atoms with Crippen LogP contribution in [0.1, 0.15) is 0 Å². The van der Waals surface area contributed by atoms with Gasteiger partial charge in [0.15, 0.2) is 5.11 Å². The van der Waals surface area contributed by atoms with Gasteiger partial charge >= 0.3 is 0 Å². The predicted molar refractivity (Wildman–Crippen MR) is 107 cm³/mol. The van der Waals surface area contributed by atoms with Crippen LogP contribution in [-0.2, 0) is 0 Å². The minimum absolute atomic E-state index is 0.808. The van der Waals surface area contributed by atoms with Gasteiger partial charge in [0.1, 0.15) is 0 Å². The van der Waals surface area contributed by atoms with Gasteiger partial charge in [0.2, 0.25) is 0 Å². The molecule has 0 saturated heterocycles. The molecule has 4 nitrogen and oxygen atoms in total. The molecule has 24 heavy (non-hydrogen) atoms. The van der Waals surface area contributed by atoms with Crippen LogP contribution >= 0.6 is 12.2 Å². The zero-order valence-electron chi connectivity index (χ0n) is 14.3. The van der Waals surface area contributed by atoms with Crippen LogP contribution < -0.4 is 5.32 Å². The maximum absolute atomic E-state index is 5.40. The van der Waals surface area contributed by atoms with Gasteiger partial charge < -0.3 is 15.1 Å². The van der Waals surface area contributed by atoms with E-state index in [4.69, 9.17) is 17.2 Å². The first-order valence-corrected chi connectivity index (χ1v) is 8.42. The second-order valence-corrected chi connectivity index (χ2v) is 6.41. The normalized spacial score (nSPS) is 10.8. The number of likely N-dealkylation sites (N-methyl/N-ethyl adjacent to an activating group) is 1. The van der Waals surface area contributed by atoms with Crippen LogP contribution in [0, 0.1) is 0 Å². The molecule has 0 aliphatic carbocycles. The Kier molecular flexibility index (Phi) is 4.81. The Morgan fingerprint density at radius 1 is 0.958 bits per heavy atom. The highest BCUT2D eigenvalue weighted by Crippen LogP contribution is 2.30. The Balaban J connectivity index is 1.88. The van der Waals surface area contributed by atoms with Gasteiger partial charge in [-0.15, -0.1) is 0 Å². The summed E-state index contributed by atoms with van der Waals surface area (Å²) in [6, 6.07) is 16.5. The van der Waals surface area contributed by atoms with Gasteiger partial charge in [-0.05, 0) is 24.4 Å². The molecule has 0 saturated carbocycles. The summed E-state index contributed by atoms with van der Waals surface area (Å²) < 4.78 is 0. The number of benzene rings is 2. The van der Waals surface area contributed by atoms with Crippen molar-refractivity contribution >= 4 is 44.8 Å². The zero-order chi connectivity index (χ0) is 17.1. The molecule has 0 spiro atoms. The van der Waals surface area contributed by atoms with Crippen molar-refractivity contribution in [2.75, 3.05) is 39.5 Å². The van der Waals surface area contributed by atoms with Crippen LogP contribution in [0.25, 0.3) is 21.8 Å². The molecule has 3 aromatic rings. The third-order valence-corrected chi connectivity index (χ3v) is 4.72. The Hall–Kier alpha value is -2.40. The van der Waals surface area contributed by atoms with E-state index in [9.17, 15) is 0 Å². The molecule has 0 bridgehead atoms. The Morgan fingerprint density at radius 2 is 1.50 bits per heavy atom. The summed E-state index contributed by atoms with van der Waals surface area (Å²) >= 11 is 5.40. The van der Waals surface area contributed by atoms with Gasteiger partial charge in [0.05, 0.1) is 16.7 Å². The smallest absolute Gasteiger partial charge is 0.170 e. The number of nitrogens with one attached hydrogen (secondary N) is 1. The van der Waals surface area contributed by atoms with E-state index < -0.39 is 0 Å². The number of aromatic nitrogens is 1. The van der Waals surface area contributed by atoms with Crippen molar-refractivity contribution in [2.45, 2.75) is 0 Å². The fourth-order valence-corrected chi connectivity index (χ4v) is 2.91. The van der Waals surface area contributed by atoms with Crippen molar-refractivity contribution in [3.05, 3.63) is 48.5 Å². The summed E-state index contributed by atoms with van der Waals surface area (Å²) in [5.41, 5.74) is 3.16. The molecule has 0 radical (unpaired) electrons. The van der Waals surface area contributed by atoms with Gasteiger partial charge in [-0.1, -0.05) is 36.4 Å². The number of fused-ring (bicyclic) bond motifs is 2. The highest BCUT2D eigenvalue weighted by Gasteiger charge is 2.09. The molecule has 124 valence electrons. The number of nitrogens with zero attached hydrogens (tertiary/aromatic N) is 3. The Bertz CT molecular complexity index is 822. The van der Waals surface area contributed by atoms with Gasteiger partial charge in [0.25, 0.3) is 0 Å². The van der Waals surface area contributed by atoms with Crippen LogP contribution in [0.3, 0.4) is 0 Å². The predicted octanol–water partition coefficient (Wildman–Crippen LogP) is 3.58. The minimum atomic E-state index is 0.808. The maximum atomic E-state index is 5.40. The van der Waals surface area contributed by atoms with Gasteiger partial charge in [-0.2, -0.15) is 0 Å². The molecule has 1 aromatic heterocycles. The van der Waals surface area contributed by atoms with Gasteiger partial charge in [-0.25, -0.2) is 4.98 Å². The summed E-state index contributed by atoms with van der Waals surface area (Å²) in [7, 11) is 5.96. The molecule has 1 heterocycles. The van der Waals surface area contributed by atoms with E-state index >= 15 is 0 Å². The van der Waals surface area contributed by atoms with Crippen molar-refractivity contribution in [1.29, 1.82) is 0 Å². The Morgan fingerprint density at radius 3 is 2.04 bits per heavy atom. The SMILES string of the molecule is CN(C)C(=S)N(C)CCNc1c2ccccc2nc2ccccc12. The van der Waals surface area contributed by atoms with Crippen LogP contribution in [0.4, 0.5) is 5.69 Å². The fourth-order valence-electron chi connectivity index (χ4n) is 2.82. The molecule has 3 rings (SSSR count). The van der Waals surface area contributed by atoms with Crippen molar-refractivity contribution in [3.63, 3.8) is 0 Å². The summed E-state index contributed by atoms with van der Waals surface area (Å²) in [6.07, 6.45) is 0. The molecule has 5 heteroatoms. The zero-order valence-corrected chi connectivity index (χ0v) is 15.1. The summed E-state index contributed by atoms with van der Waals surface area (Å²) in [5.74, 6) is 0. The molecule has 0 aliphatic heterocycles. The highest BCUT2D eigenvalue weighted by molar-refractivity contribution is 7.80. The van der Waals surface area contributed by atoms with E-state index in [0.717, 1.165) is 45.7 Å². The fraction of sp³-hybridized carbons (Fsp3) is 0.263. The van der Waals surface area contributed by atoms with Crippen LogP contribution in [-0.4, -0.2) is 54.1 Å². The number of para-hydroxylation sites is 2. The van der Waals surface area contributed by atoms with E-state index in [1.165, 1.54) is 0 Å². The van der Waals surface area contributed by atoms with Crippen molar-refractivity contribution in [3.8, 4) is 0 Å². The molecule has 1 N–H and O–H groups in total. The van der Waals surface area contributed by atoms with Crippen LogP contribution in [0.15, 0.2) is 48.5 Å². The number of hydrogen-bond acceptors (Lipinski definition) is 3. The van der Waals surface area contributed by atoms with Crippen molar-refractivity contribution in [2.24, 2.45) is 0 Å². The lowest BCUT2D eigenvalue weighted by Gasteiger charge is -2.25. The third kappa shape index (κ3) is 3.26. The van der Waals surface area contributed by atoms with Crippen molar-refractivity contribution in [1.82, 2.24) is 14.8 Å². The first-order valence-electron chi connectivity index (χ1n) is 8.01. The highest BCUT2D eigenvalue weighted by atomic mass is 32.1. The summed E-state index contributed by atoms with van der Waals surface area (Å²) in [6.45, 7) is 1.64. The monoisotopic (exact) mass is 338 g/mol. The van der Waals surface area contributed by atoms with E-state index in [1.54, 1.807) is 0 Å². The molecule has 2 aromatic carbocycles. The lowest BCUT2D eigenvalue weighted by atomic mass is 10.1. The maximum Gasteiger partial charge on any atom is 0.170 e. The average Bonchev–Trinajstić information content (AvgIpc) is 2.60. The average molecular weight is 338 g/mol. The van der Waals surface area contributed by atoms with Gasteiger partial charge in [-0.3, -0.25) is 0 Å². The quantitative estimate of drug-likeness (QED) is 0.580. The summed E-state index contributed by atoms with van der Waals surface area (Å²) in [5, 5.41) is 6.72. The largest absolute Gasteiger partial charge is 0.382 e. The standard InChI is InChI=1S/C19H22N4S/c1-22(2)19(24)23(3)13-12-20-18-14-8-4-6-10-16(14)21-17-11-7-5-9-15(17)18/h4-11H,12-13H2,1-3H3,(H,20,21). The van der Waals surface area contributed by atoms with Gasteiger partial charge in [0, 0.05) is 45.0 Å². The molecule has 0 fully saturated rings. The number of hydrogen-bond donors (Lipinski definition) is 1. The lowest BCUT2D eigenvalue weighted by molar-refractivity contribution is 0.450. The molecular weight excluding hydrogens is 316 g/mol. The first-order chi connectivity index (χ1) is 11.6.